The highest BCUT2D eigenvalue weighted by atomic mass is 16.6. The zero-order valence-electron chi connectivity index (χ0n) is 10.7. The lowest BCUT2D eigenvalue weighted by molar-refractivity contribution is -0.132. The van der Waals surface area contributed by atoms with Crippen LogP contribution in [0.4, 0.5) is 0 Å². The molecule has 0 heterocycles. The Morgan fingerprint density at radius 1 is 1.39 bits per heavy atom. The van der Waals surface area contributed by atoms with Crippen LogP contribution in [0, 0.1) is 0 Å². The van der Waals surface area contributed by atoms with Gasteiger partial charge in [-0.1, -0.05) is 19.6 Å². The summed E-state index contributed by atoms with van der Waals surface area (Å²) in [5, 5.41) is 9.08. The van der Waals surface area contributed by atoms with Crippen LogP contribution in [-0.2, 0) is 11.4 Å². The summed E-state index contributed by atoms with van der Waals surface area (Å²) in [5.41, 5.74) is 1.64. The first-order valence-electron chi connectivity index (χ1n) is 5.78. The molecule has 18 heavy (non-hydrogen) atoms. The van der Waals surface area contributed by atoms with E-state index >= 15 is 0 Å². The van der Waals surface area contributed by atoms with E-state index in [2.05, 4.69) is 6.58 Å². The third kappa shape index (κ3) is 4.22. The van der Waals surface area contributed by atoms with Crippen LogP contribution in [0.5, 0.6) is 11.5 Å². The van der Waals surface area contributed by atoms with Crippen molar-refractivity contribution in [1.82, 2.24) is 0 Å². The number of aliphatic hydroxyl groups is 1. The molecule has 0 atom stereocenters. The van der Waals surface area contributed by atoms with Crippen LogP contribution in [0.15, 0.2) is 30.4 Å². The number of hydrogen-bond donors (Lipinski definition) is 1. The number of hydrogen-bond acceptors (Lipinski definition) is 4. The second-order valence-electron chi connectivity index (χ2n) is 3.93. The maximum atomic E-state index is 11.0. The highest BCUT2D eigenvalue weighted by Crippen LogP contribution is 2.29. The molecule has 0 fully saturated rings. The third-order valence-electron chi connectivity index (χ3n) is 2.38. The van der Waals surface area contributed by atoms with Crippen LogP contribution in [-0.4, -0.2) is 17.7 Å². The van der Waals surface area contributed by atoms with Gasteiger partial charge in [0, 0.05) is 6.92 Å². The largest absolute Gasteiger partial charge is 0.485 e. The lowest BCUT2D eigenvalue weighted by atomic mass is 10.2. The second kappa shape index (κ2) is 6.81. The van der Waals surface area contributed by atoms with Gasteiger partial charge in [0.2, 0.25) is 0 Å². The second-order valence-corrected chi connectivity index (χ2v) is 3.93. The summed E-state index contributed by atoms with van der Waals surface area (Å²) in [5.74, 6) is 0.376. The normalized spacial score (nSPS) is 9.94. The third-order valence-corrected chi connectivity index (χ3v) is 2.38. The predicted octanol–water partition coefficient (Wildman–Crippen LogP) is 2.45. The molecule has 0 radical (unpaired) electrons. The molecular weight excluding hydrogens is 232 g/mol. The van der Waals surface area contributed by atoms with E-state index in [9.17, 15) is 4.79 Å². The minimum absolute atomic E-state index is 0.0918. The summed E-state index contributed by atoms with van der Waals surface area (Å²) in [4.78, 5) is 11.0. The fourth-order valence-electron chi connectivity index (χ4n) is 1.28. The van der Waals surface area contributed by atoms with Gasteiger partial charge in [-0.2, -0.15) is 0 Å². The van der Waals surface area contributed by atoms with Gasteiger partial charge >= 0.3 is 5.97 Å². The number of esters is 1. The average molecular weight is 250 g/mol. The van der Waals surface area contributed by atoms with Crippen molar-refractivity contribution in [3.8, 4) is 11.5 Å². The summed E-state index contributed by atoms with van der Waals surface area (Å²) in [7, 11) is 0. The molecule has 1 rings (SSSR count). The molecular formula is C14H18O4. The lowest BCUT2D eigenvalue weighted by Gasteiger charge is -2.12. The summed E-state index contributed by atoms with van der Waals surface area (Å²) >= 11 is 0. The van der Waals surface area contributed by atoms with Gasteiger partial charge in [-0.05, 0) is 29.7 Å². The van der Waals surface area contributed by atoms with Gasteiger partial charge in [0.1, 0.15) is 6.61 Å². The van der Waals surface area contributed by atoms with Crippen molar-refractivity contribution in [2.24, 2.45) is 0 Å². The monoisotopic (exact) mass is 250 g/mol. The molecule has 4 nitrogen and oxygen atoms in total. The van der Waals surface area contributed by atoms with E-state index < -0.39 is 5.97 Å². The predicted molar refractivity (Wildman–Crippen MR) is 68.6 cm³/mol. The van der Waals surface area contributed by atoms with Crippen LogP contribution in [0.2, 0.25) is 0 Å². The van der Waals surface area contributed by atoms with Crippen molar-refractivity contribution in [3.63, 3.8) is 0 Å². The number of aliphatic hydroxyl groups excluding tert-OH is 1. The highest BCUT2D eigenvalue weighted by Gasteiger charge is 2.09. The molecule has 0 bridgehead atoms. The van der Waals surface area contributed by atoms with Crippen molar-refractivity contribution in [3.05, 3.63) is 35.9 Å². The van der Waals surface area contributed by atoms with Crippen LogP contribution in [0.1, 0.15) is 25.8 Å². The molecule has 0 aliphatic rings. The molecule has 0 aromatic heterocycles. The molecule has 98 valence electrons. The quantitative estimate of drug-likeness (QED) is 0.478. The molecule has 0 unspecified atom stereocenters. The van der Waals surface area contributed by atoms with Gasteiger partial charge in [0.25, 0.3) is 0 Å². The minimum atomic E-state index is -0.411. The molecule has 0 aliphatic heterocycles. The molecule has 0 saturated carbocycles. The maximum absolute atomic E-state index is 11.0. The molecule has 4 heteroatoms. The number of carbonyl (C=O) groups is 1. The van der Waals surface area contributed by atoms with Crippen molar-refractivity contribution in [2.45, 2.75) is 26.9 Å². The van der Waals surface area contributed by atoms with Crippen molar-refractivity contribution in [2.75, 3.05) is 6.61 Å². The number of ether oxygens (including phenoxy) is 2. The van der Waals surface area contributed by atoms with E-state index in [1.54, 1.807) is 18.2 Å². The standard InChI is InChI=1S/C14H18O4/c1-4-10(2)9-17-14-7-12(8-15)5-6-13(14)18-11(3)16/h5-7,15H,2,4,8-9H2,1,3H3. The zero-order chi connectivity index (χ0) is 13.5. The Labute approximate surface area is 107 Å². The van der Waals surface area contributed by atoms with Gasteiger partial charge in [-0.15, -0.1) is 0 Å². The Kier molecular flexibility index (Phi) is 5.39. The molecule has 0 spiro atoms. The Balaban J connectivity index is 2.88. The fourth-order valence-corrected chi connectivity index (χ4v) is 1.28. The smallest absolute Gasteiger partial charge is 0.308 e. The lowest BCUT2D eigenvalue weighted by Crippen LogP contribution is -2.06. The van der Waals surface area contributed by atoms with Gasteiger partial charge in [0.05, 0.1) is 6.61 Å². The number of rotatable bonds is 6. The molecule has 1 N–H and O–H groups in total. The van der Waals surface area contributed by atoms with Gasteiger partial charge in [0.15, 0.2) is 11.5 Å². The molecule has 0 saturated heterocycles. The van der Waals surface area contributed by atoms with E-state index in [-0.39, 0.29) is 6.61 Å². The van der Waals surface area contributed by atoms with E-state index in [0.717, 1.165) is 12.0 Å². The summed E-state index contributed by atoms with van der Waals surface area (Å²) in [6.07, 6.45) is 0.822. The molecule has 0 aliphatic carbocycles. The molecule has 1 aromatic carbocycles. The van der Waals surface area contributed by atoms with E-state index in [1.807, 2.05) is 6.92 Å². The number of carbonyl (C=O) groups excluding carboxylic acids is 1. The SMILES string of the molecule is C=C(CC)COc1cc(CO)ccc1OC(C)=O. The van der Waals surface area contributed by atoms with Crippen LogP contribution in [0.25, 0.3) is 0 Å². The Morgan fingerprint density at radius 2 is 2.11 bits per heavy atom. The summed E-state index contributed by atoms with van der Waals surface area (Å²) in [6.45, 7) is 7.43. The Hall–Kier alpha value is -1.81. The fraction of sp³-hybridized carbons (Fsp3) is 0.357. The summed E-state index contributed by atoms with van der Waals surface area (Å²) < 4.78 is 10.6. The molecule has 1 aromatic rings. The highest BCUT2D eigenvalue weighted by molar-refractivity contribution is 5.70. The minimum Gasteiger partial charge on any atom is -0.485 e. The Morgan fingerprint density at radius 3 is 2.67 bits per heavy atom. The Bertz CT molecular complexity index is 437. The van der Waals surface area contributed by atoms with Crippen LogP contribution < -0.4 is 9.47 Å². The van der Waals surface area contributed by atoms with Gasteiger partial charge < -0.3 is 14.6 Å². The van der Waals surface area contributed by atoms with Crippen LogP contribution in [0.3, 0.4) is 0 Å². The average Bonchev–Trinajstić information content (AvgIpc) is 2.36. The van der Waals surface area contributed by atoms with E-state index in [0.29, 0.717) is 23.7 Å². The molecule has 0 amide bonds. The maximum Gasteiger partial charge on any atom is 0.308 e. The van der Waals surface area contributed by atoms with Crippen molar-refractivity contribution >= 4 is 5.97 Å². The van der Waals surface area contributed by atoms with Gasteiger partial charge in [-0.3, -0.25) is 4.79 Å². The van der Waals surface area contributed by atoms with Crippen molar-refractivity contribution in [1.29, 1.82) is 0 Å². The van der Waals surface area contributed by atoms with E-state index in [4.69, 9.17) is 14.6 Å². The van der Waals surface area contributed by atoms with Crippen LogP contribution >= 0.6 is 0 Å². The topological polar surface area (TPSA) is 55.8 Å². The first-order chi connectivity index (χ1) is 8.56. The van der Waals surface area contributed by atoms with Gasteiger partial charge in [-0.25, -0.2) is 0 Å². The summed E-state index contributed by atoms with van der Waals surface area (Å²) in [6, 6.07) is 4.94. The number of benzene rings is 1. The van der Waals surface area contributed by atoms with E-state index in [1.165, 1.54) is 6.92 Å². The first-order valence-corrected chi connectivity index (χ1v) is 5.78. The van der Waals surface area contributed by atoms with Crippen molar-refractivity contribution < 1.29 is 19.4 Å². The zero-order valence-corrected chi connectivity index (χ0v) is 10.7. The first kappa shape index (κ1) is 14.3.